The lowest BCUT2D eigenvalue weighted by Gasteiger charge is -2.12. The molecule has 1 atom stereocenters. The van der Waals surface area contributed by atoms with Crippen molar-refractivity contribution < 1.29 is 18.7 Å². The molecule has 1 fully saturated rings. The van der Waals surface area contributed by atoms with Crippen LogP contribution in [0.25, 0.3) is 0 Å². The lowest BCUT2D eigenvalue weighted by Crippen LogP contribution is -2.29. The summed E-state index contributed by atoms with van der Waals surface area (Å²) >= 11 is 0. The Labute approximate surface area is 139 Å². The van der Waals surface area contributed by atoms with Gasteiger partial charge in [0.25, 0.3) is 5.91 Å². The maximum absolute atomic E-state index is 12.8. The highest BCUT2D eigenvalue weighted by molar-refractivity contribution is 5.94. The molecule has 0 aromatic heterocycles. The van der Waals surface area contributed by atoms with Gasteiger partial charge in [-0.25, -0.2) is 9.18 Å². The molecule has 1 aliphatic rings. The molecule has 24 heavy (non-hydrogen) atoms. The molecule has 2 amide bonds. The van der Waals surface area contributed by atoms with Gasteiger partial charge in [-0.2, -0.15) is 0 Å². The third-order valence-corrected chi connectivity index (χ3v) is 3.80. The van der Waals surface area contributed by atoms with Gasteiger partial charge in [0.05, 0.1) is 6.54 Å². The summed E-state index contributed by atoms with van der Waals surface area (Å²) in [5, 5.41) is 2.74. The molecule has 0 radical (unpaired) electrons. The SMILES string of the molecule is O=C(NCCC1CN(c2ccccc2)C(=O)O1)c1ccc(F)cc1. The van der Waals surface area contributed by atoms with Crippen molar-refractivity contribution in [2.24, 2.45) is 0 Å². The van der Waals surface area contributed by atoms with Crippen molar-refractivity contribution in [3.63, 3.8) is 0 Å². The third kappa shape index (κ3) is 3.71. The van der Waals surface area contributed by atoms with Crippen LogP contribution in [0.2, 0.25) is 0 Å². The molecule has 1 aliphatic heterocycles. The largest absolute Gasteiger partial charge is 0.444 e. The first-order valence-electron chi connectivity index (χ1n) is 7.70. The molecule has 1 unspecified atom stereocenters. The Hall–Kier alpha value is -2.89. The highest BCUT2D eigenvalue weighted by atomic mass is 19.1. The van der Waals surface area contributed by atoms with E-state index in [0.29, 0.717) is 25.1 Å². The van der Waals surface area contributed by atoms with Gasteiger partial charge in [-0.1, -0.05) is 18.2 Å². The highest BCUT2D eigenvalue weighted by Gasteiger charge is 2.31. The Morgan fingerprint density at radius 2 is 1.88 bits per heavy atom. The summed E-state index contributed by atoms with van der Waals surface area (Å²) in [7, 11) is 0. The van der Waals surface area contributed by atoms with Gasteiger partial charge >= 0.3 is 6.09 Å². The van der Waals surface area contributed by atoms with Crippen LogP contribution in [0.4, 0.5) is 14.9 Å². The number of nitrogens with one attached hydrogen (secondary N) is 1. The van der Waals surface area contributed by atoms with E-state index in [1.54, 1.807) is 4.90 Å². The number of hydrogen-bond donors (Lipinski definition) is 1. The van der Waals surface area contributed by atoms with Crippen LogP contribution in [-0.2, 0) is 4.74 Å². The molecule has 3 rings (SSSR count). The number of nitrogens with zero attached hydrogens (tertiary/aromatic N) is 1. The van der Waals surface area contributed by atoms with Crippen molar-refractivity contribution in [2.75, 3.05) is 18.0 Å². The second-order valence-corrected chi connectivity index (χ2v) is 5.50. The first kappa shape index (κ1) is 16.0. The normalized spacial score (nSPS) is 16.8. The summed E-state index contributed by atoms with van der Waals surface area (Å²) < 4.78 is 18.2. The number of para-hydroxylation sites is 1. The van der Waals surface area contributed by atoms with Gasteiger partial charge in [0, 0.05) is 24.2 Å². The first-order valence-corrected chi connectivity index (χ1v) is 7.70. The number of rotatable bonds is 5. The minimum absolute atomic E-state index is 0.272. The number of carbonyl (C=O) groups excluding carboxylic acids is 2. The molecule has 0 spiro atoms. The minimum Gasteiger partial charge on any atom is -0.444 e. The van der Waals surface area contributed by atoms with Gasteiger partial charge in [-0.15, -0.1) is 0 Å². The molecule has 2 aromatic rings. The van der Waals surface area contributed by atoms with Crippen molar-refractivity contribution in [2.45, 2.75) is 12.5 Å². The van der Waals surface area contributed by atoms with Crippen LogP contribution in [0.1, 0.15) is 16.8 Å². The zero-order valence-electron chi connectivity index (χ0n) is 12.9. The number of amides is 2. The van der Waals surface area contributed by atoms with Crippen LogP contribution in [0.15, 0.2) is 54.6 Å². The Kier molecular flexibility index (Phi) is 4.74. The van der Waals surface area contributed by atoms with Gasteiger partial charge < -0.3 is 10.1 Å². The van der Waals surface area contributed by atoms with Gasteiger partial charge in [0.1, 0.15) is 11.9 Å². The van der Waals surface area contributed by atoms with E-state index in [1.807, 2.05) is 30.3 Å². The topological polar surface area (TPSA) is 58.6 Å². The molecule has 1 saturated heterocycles. The summed E-state index contributed by atoms with van der Waals surface area (Å²) in [6.45, 7) is 0.825. The molecule has 2 aromatic carbocycles. The van der Waals surface area contributed by atoms with Crippen molar-refractivity contribution in [3.05, 3.63) is 66.0 Å². The minimum atomic E-state index is -0.384. The predicted molar refractivity (Wildman–Crippen MR) is 87.4 cm³/mol. The lowest BCUT2D eigenvalue weighted by molar-refractivity contribution is 0.0944. The van der Waals surface area contributed by atoms with Gasteiger partial charge in [0.2, 0.25) is 0 Å². The summed E-state index contributed by atoms with van der Waals surface area (Å²) in [6, 6.07) is 14.6. The molecular formula is C18H17FN2O3. The van der Waals surface area contributed by atoms with E-state index in [2.05, 4.69) is 5.32 Å². The zero-order valence-corrected chi connectivity index (χ0v) is 12.9. The second kappa shape index (κ2) is 7.12. The number of cyclic esters (lactones) is 1. The second-order valence-electron chi connectivity index (χ2n) is 5.50. The Morgan fingerprint density at radius 3 is 2.58 bits per heavy atom. The first-order chi connectivity index (χ1) is 11.6. The fourth-order valence-corrected chi connectivity index (χ4v) is 2.54. The Bertz CT molecular complexity index is 719. The molecule has 0 bridgehead atoms. The summed E-state index contributed by atoms with van der Waals surface area (Å²) in [5.74, 6) is -0.662. The average molecular weight is 328 g/mol. The number of ether oxygens (including phenoxy) is 1. The van der Waals surface area contributed by atoms with E-state index < -0.39 is 0 Å². The smallest absolute Gasteiger partial charge is 0.414 e. The predicted octanol–water partition coefficient (Wildman–Crippen LogP) is 2.97. The number of benzene rings is 2. The van der Waals surface area contributed by atoms with Crippen LogP contribution >= 0.6 is 0 Å². The maximum Gasteiger partial charge on any atom is 0.414 e. The molecule has 0 saturated carbocycles. The zero-order chi connectivity index (χ0) is 16.9. The number of halogens is 1. The maximum atomic E-state index is 12.8. The lowest BCUT2D eigenvalue weighted by atomic mass is 10.2. The summed E-state index contributed by atoms with van der Waals surface area (Å²) in [6.07, 6.45) is -0.135. The summed E-state index contributed by atoms with van der Waals surface area (Å²) in [4.78, 5) is 25.4. The van der Waals surface area contributed by atoms with Crippen molar-refractivity contribution in [1.82, 2.24) is 5.32 Å². The number of carbonyl (C=O) groups is 2. The fourth-order valence-electron chi connectivity index (χ4n) is 2.54. The average Bonchev–Trinajstić information content (AvgIpc) is 2.97. The molecular weight excluding hydrogens is 311 g/mol. The Balaban J connectivity index is 1.48. The van der Waals surface area contributed by atoms with E-state index in [9.17, 15) is 14.0 Å². The van der Waals surface area contributed by atoms with Crippen molar-refractivity contribution in [3.8, 4) is 0 Å². The van der Waals surface area contributed by atoms with E-state index >= 15 is 0 Å². The monoisotopic (exact) mass is 328 g/mol. The van der Waals surface area contributed by atoms with Gasteiger partial charge in [-0.05, 0) is 36.4 Å². The van der Waals surface area contributed by atoms with E-state index in [-0.39, 0.29) is 23.9 Å². The van der Waals surface area contributed by atoms with Crippen LogP contribution < -0.4 is 10.2 Å². The molecule has 124 valence electrons. The standard InChI is InChI=1S/C18H17FN2O3/c19-14-8-6-13(7-9-14)17(22)20-11-10-16-12-21(18(23)24-16)15-4-2-1-3-5-15/h1-9,16H,10-12H2,(H,20,22). The fraction of sp³-hybridized carbons (Fsp3) is 0.222. The number of hydrogen-bond acceptors (Lipinski definition) is 3. The molecule has 6 heteroatoms. The van der Waals surface area contributed by atoms with Crippen LogP contribution in [-0.4, -0.2) is 31.2 Å². The molecule has 1 heterocycles. The van der Waals surface area contributed by atoms with E-state index in [0.717, 1.165) is 5.69 Å². The van der Waals surface area contributed by atoms with Crippen molar-refractivity contribution >= 4 is 17.7 Å². The van der Waals surface area contributed by atoms with E-state index in [1.165, 1.54) is 24.3 Å². The van der Waals surface area contributed by atoms with Crippen LogP contribution in [0.5, 0.6) is 0 Å². The molecule has 5 nitrogen and oxygen atoms in total. The van der Waals surface area contributed by atoms with E-state index in [4.69, 9.17) is 4.74 Å². The molecule has 1 N–H and O–H groups in total. The van der Waals surface area contributed by atoms with Gasteiger partial charge in [0.15, 0.2) is 0 Å². The van der Waals surface area contributed by atoms with Crippen LogP contribution in [0.3, 0.4) is 0 Å². The van der Waals surface area contributed by atoms with Crippen molar-refractivity contribution in [1.29, 1.82) is 0 Å². The quantitative estimate of drug-likeness (QED) is 0.918. The number of anilines is 1. The van der Waals surface area contributed by atoms with Crippen LogP contribution in [0, 0.1) is 5.82 Å². The summed E-state index contributed by atoms with van der Waals surface area (Å²) in [5.41, 5.74) is 1.19. The highest BCUT2D eigenvalue weighted by Crippen LogP contribution is 2.22. The molecule has 0 aliphatic carbocycles. The van der Waals surface area contributed by atoms with Gasteiger partial charge in [-0.3, -0.25) is 9.69 Å². The Morgan fingerprint density at radius 1 is 1.17 bits per heavy atom. The third-order valence-electron chi connectivity index (χ3n) is 3.80.